The number of thiazole rings is 1. The lowest BCUT2D eigenvalue weighted by Gasteiger charge is -2.23. The Hall–Kier alpha value is -4.37. The first-order valence-electron chi connectivity index (χ1n) is 11.2. The van der Waals surface area contributed by atoms with E-state index in [1.165, 1.54) is 34.4 Å². The normalized spacial score (nSPS) is 17.5. The molecule has 0 aliphatic carbocycles. The van der Waals surface area contributed by atoms with E-state index >= 15 is 4.39 Å². The lowest BCUT2D eigenvalue weighted by atomic mass is 9.96. The SMILES string of the molecule is Cc1ccc2nc(N3C(=O)C(=O)/C(=C(/O)c4c(C)nc5ccccn45)C3c3ccccc3F)sc2c1. The summed E-state index contributed by atoms with van der Waals surface area (Å²) < 4.78 is 17.6. The molecule has 0 saturated carbocycles. The number of benzene rings is 2. The summed E-state index contributed by atoms with van der Waals surface area (Å²) in [6.07, 6.45) is 1.70. The summed E-state index contributed by atoms with van der Waals surface area (Å²) >= 11 is 1.23. The molecule has 7 nitrogen and oxygen atoms in total. The van der Waals surface area contributed by atoms with Crippen LogP contribution in [0.4, 0.5) is 9.52 Å². The first kappa shape index (κ1) is 22.1. The van der Waals surface area contributed by atoms with E-state index in [1.54, 1.807) is 41.8 Å². The zero-order chi connectivity index (χ0) is 25.1. The highest BCUT2D eigenvalue weighted by molar-refractivity contribution is 7.22. The van der Waals surface area contributed by atoms with Gasteiger partial charge in [-0.15, -0.1) is 0 Å². The third-order valence-electron chi connectivity index (χ3n) is 6.31. The summed E-state index contributed by atoms with van der Waals surface area (Å²) in [5.74, 6) is -2.82. The van der Waals surface area contributed by atoms with Gasteiger partial charge in [-0.2, -0.15) is 0 Å². The number of pyridine rings is 1. The number of aliphatic hydroxyl groups excluding tert-OH is 1. The molecule has 1 saturated heterocycles. The second kappa shape index (κ2) is 8.10. The van der Waals surface area contributed by atoms with Crippen molar-refractivity contribution in [3.05, 3.63) is 101 Å². The lowest BCUT2D eigenvalue weighted by Crippen LogP contribution is -2.29. The number of aliphatic hydroxyl groups is 1. The van der Waals surface area contributed by atoms with Crippen LogP contribution in [0.3, 0.4) is 0 Å². The fraction of sp³-hybridized carbons (Fsp3) is 0.111. The standard InChI is InChI=1S/C27H19FN4O3S/c1-14-10-11-18-19(13-14)36-27(30-18)32-23(16-7-3-4-8-17(16)28)21(25(34)26(32)35)24(33)22-15(2)29-20-9-5-6-12-31(20)22/h3-13,23,33H,1-2H3/b24-21+. The molecule has 0 bridgehead atoms. The van der Waals surface area contributed by atoms with Gasteiger partial charge in [-0.3, -0.25) is 18.9 Å². The molecular formula is C27H19FN4O3S. The molecule has 36 heavy (non-hydrogen) atoms. The van der Waals surface area contributed by atoms with Gasteiger partial charge in [-0.25, -0.2) is 14.4 Å². The van der Waals surface area contributed by atoms with E-state index in [0.29, 0.717) is 16.9 Å². The predicted molar refractivity (Wildman–Crippen MR) is 135 cm³/mol. The molecule has 5 aromatic rings. The lowest BCUT2D eigenvalue weighted by molar-refractivity contribution is -0.132. The van der Waals surface area contributed by atoms with Crippen LogP contribution in [0.25, 0.3) is 21.6 Å². The molecule has 1 aliphatic heterocycles. The van der Waals surface area contributed by atoms with Crippen molar-refractivity contribution in [3.63, 3.8) is 0 Å². The number of ketones is 1. The molecule has 1 fully saturated rings. The summed E-state index contributed by atoms with van der Waals surface area (Å²) in [5, 5.41) is 11.8. The molecule has 1 aliphatic rings. The minimum atomic E-state index is -1.21. The highest BCUT2D eigenvalue weighted by atomic mass is 32.1. The van der Waals surface area contributed by atoms with Crippen LogP contribution in [0.1, 0.15) is 28.6 Å². The third kappa shape index (κ3) is 3.24. The van der Waals surface area contributed by atoms with Crippen LogP contribution >= 0.6 is 11.3 Å². The van der Waals surface area contributed by atoms with E-state index in [0.717, 1.165) is 10.3 Å². The number of hydrogen-bond acceptors (Lipinski definition) is 6. The molecule has 178 valence electrons. The molecule has 2 aromatic carbocycles. The Morgan fingerprint density at radius 3 is 2.61 bits per heavy atom. The zero-order valence-corrected chi connectivity index (χ0v) is 20.1. The first-order chi connectivity index (χ1) is 17.3. The van der Waals surface area contributed by atoms with Crippen molar-refractivity contribution >= 4 is 49.8 Å². The van der Waals surface area contributed by atoms with Crippen molar-refractivity contribution in [1.82, 2.24) is 14.4 Å². The molecule has 9 heteroatoms. The summed E-state index contributed by atoms with van der Waals surface area (Å²) in [7, 11) is 0. The molecule has 4 heterocycles. The van der Waals surface area contributed by atoms with Crippen molar-refractivity contribution in [2.45, 2.75) is 19.9 Å². The van der Waals surface area contributed by atoms with E-state index in [9.17, 15) is 14.7 Å². The Morgan fingerprint density at radius 2 is 1.81 bits per heavy atom. The highest BCUT2D eigenvalue weighted by Crippen LogP contribution is 2.45. The molecule has 1 unspecified atom stereocenters. The van der Waals surface area contributed by atoms with Crippen LogP contribution in [-0.4, -0.2) is 31.2 Å². The first-order valence-corrected chi connectivity index (χ1v) is 12.0. The summed E-state index contributed by atoms with van der Waals surface area (Å²) in [4.78, 5) is 37.1. The van der Waals surface area contributed by atoms with Crippen LogP contribution in [-0.2, 0) is 9.59 Å². The zero-order valence-electron chi connectivity index (χ0n) is 19.3. The van der Waals surface area contributed by atoms with Crippen LogP contribution in [0.15, 0.2) is 72.4 Å². The number of aromatic nitrogens is 3. The molecule has 1 amide bonds. The average molecular weight is 499 g/mol. The van der Waals surface area contributed by atoms with Crippen molar-refractivity contribution in [2.24, 2.45) is 0 Å². The number of anilines is 1. The largest absolute Gasteiger partial charge is 0.505 e. The maximum atomic E-state index is 15.2. The van der Waals surface area contributed by atoms with Crippen LogP contribution in [0, 0.1) is 19.7 Å². The highest BCUT2D eigenvalue weighted by Gasteiger charge is 2.49. The molecule has 0 spiro atoms. The maximum absolute atomic E-state index is 15.2. The molecule has 3 aromatic heterocycles. The summed E-state index contributed by atoms with van der Waals surface area (Å²) in [6, 6.07) is 15.7. The van der Waals surface area contributed by atoms with Crippen molar-refractivity contribution < 1.29 is 19.1 Å². The minimum absolute atomic E-state index is 0.0835. The van der Waals surface area contributed by atoms with Crippen LogP contribution in [0.5, 0.6) is 0 Å². The second-order valence-corrected chi connectivity index (χ2v) is 9.64. The van der Waals surface area contributed by atoms with Gasteiger partial charge in [0, 0.05) is 11.8 Å². The van der Waals surface area contributed by atoms with E-state index < -0.39 is 29.3 Å². The van der Waals surface area contributed by atoms with E-state index in [4.69, 9.17) is 0 Å². The fourth-order valence-corrected chi connectivity index (χ4v) is 5.76. The Bertz CT molecular complexity index is 1750. The number of carbonyl (C=O) groups excluding carboxylic acids is 2. The number of carbonyl (C=O) groups is 2. The van der Waals surface area contributed by atoms with Gasteiger partial charge >= 0.3 is 5.91 Å². The van der Waals surface area contributed by atoms with E-state index in [2.05, 4.69) is 9.97 Å². The molecule has 6 rings (SSSR count). The molecule has 1 atom stereocenters. The van der Waals surface area contributed by atoms with Crippen LogP contribution in [0.2, 0.25) is 0 Å². The predicted octanol–water partition coefficient (Wildman–Crippen LogP) is 5.33. The Kier molecular flexibility index (Phi) is 4.97. The van der Waals surface area contributed by atoms with Gasteiger partial charge in [0.1, 0.15) is 23.2 Å². The molecule has 0 radical (unpaired) electrons. The monoisotopic (exact) mass is 498 g/mol. The minimum Gasteiger partial charge on any atom is -0.505 e. The van der Waals surface area contributed by atoms with Crippen molar-refractivity contribution in [1.29, 1.82) is 0 Å². The Balaban J connectivity index is 1.63. The van der Waals surface area contributed by atoms with Gasteiger partial charge in [-0.1, -0.05) is 41.7 Å². The number of Topliss-reactive ketones (excluding diaryl/α,β-unsaturated/α-hetero) is 1. The second-order valence-electron chi connectivity index (χ2n) is 8.63. The smallest absolute Gasteiger partial charge is 0.301 e. The van der Waals surface area contributed by atoms with Crippen LogP contribution < -0.4 is 4.90 Å². The summed E-state index contributed by atoms with van der Waals surface area (Å²) in [5.41, 5.74) is 2.85. The summed E-state index contributed by atoms with van der Waals surface area (Å²) in [6.45, 7) is 3.65. The Labute approximate surface area is 208 Å². The van der Waals surface area contributed by atoms with Gasteiger partial charge in [0.2, 0.25) is 0 Å². The van der Waals surface area contributed by atoms with Gasteiger partial charge in [0.25, 0.3) is 5.78 Å². The van der Waals surface area contributed by atoms with Gasteiger partial charge in [0.15, 0.2) is 10.9 Å². The molecule has 1 N–H and O–H groups in total. The Morgan fingerprint density at radius 1 is 1.03 bits per heavy atom. The number of aryl methyl sites for hydroxylation is 2. The number of hydrogen-bond donors (Lipinski definition) is 1. The number of rotatable bonds is 3. The molecular weight excluding hydrogens is 479 g/mol. The van der Waals surface area contributed by atoms with Gasteiger partial charge < -0.3 is 5.11 Å². The number of fused-ring (bicyclic) bond motifs is 2. The topological polar surface area (TPSA) is 87.8 Å². The number of nitrogens with zero attached hydrogens (tertiary/aromatic N) is 4. The quantitative estimate of drug-likeness (QED) is 0.207. The number of amides is 1. The van der Waals surface area contributed by atoms with Crippen molar-refractivity contribution in [2.75, 3.05) is 4.90 Å². The van der Waals surface area contributed by atoms with E-state index in [1.807, 2.05) is 25.1 Å². The van der Waals surface area contributed by atoms with E-state index in [-0.39, 0.29) is 22.0 Å². The number of imidazole rings is 1. The maximum Gasteiger partial charge on any atom is 0.301 e. The average Bonchev–Trinajstić information content (AvgIpc) is 3.50. The van der Waals surface area contributed by atoms with Gasteiger partial charge in [-0.05, 0) is 49.7 Å². The van der Waals surface area contributed by atoms with Crippen molar-refractivity contribution in [3.8, 4) is 0 Å². The number of halogens is 1. The third-order valence-corrected chi connectivity index (χ3v) is 7.33. The fourth-order valence-electron chi connectivity index (χ4n) is 4.67. The van der Waals surface area contributed by atoms with Gasteiger partial charge in [0.05, 0.1) is 21.5 Å².